The Labute approximate surface area is 185 Å². The fourth-order valence-electron chi connectivity index (χ4n) is 3.55. The van der Waals surface area contributed by atoms with E-state index in [9.17, 15) is 19.2 Å². The van der Waals surface area contributed by atoms with Crippen molar-refractivity contribution in [1.29, 1.82) is 0 Å². The zero-order valence-electron chi connectivity index (χ0n) is 17.8. The van der Waals surface area contributed by atoms with Crippen LogP contribution in [0.5, 0.6) is 0 Å². The third-order valence-corrected chi connectivity index (χ3v) is 5.04. The van der Waals surface area contributed by atoms with Gasteiger partial charge in [-0.1, -0.05) is 6.07 Å². The van der Waals surface area contributed by atoms with E-state index in [1.807, 2.05) is 0 Å². The first-order chi connectivity index (χ1) is 15.5. The molecule has 0 aliphatic carbocycles. The van der Waals surface area contributed by atoms with Gasteiger partial charge in [0.25, 0.3) is 11.8 Å². The van der Waals surface area contributed by atoms with Gasteiger partial charge < -0.3 is 25.3 Å². The Morgan fingerprint density at radius 1 is 0.969 bits per heavy atom. The van der Waals surface area contributed by atoms with Crippen LogP contribution < -0.4 is 16.4 Å². The summed E-state index contributed by atoms with van der Waals surface area (Å²) in [6, 6.07) is 3.93. The molecule has 32 heavy (non-hydrogen) atoms. The van der Waals surface area contributed by atoms with E-state index in [2.05, 4.69) is 10.6 Å². The van der Waals surface area contributed by atoms with Crippen LogP contribution in [0.3, 0.4) is 0 Å². The van der Waals surface area contributed by atoms with Crippen LogP contribution in [0, 0.1) is 0 Å². The van der Waals surface area contributed by atoms with Crippen molar-refractivity contribution >= 4 is 29.3 Å². The van der Waals surface area contributed by atoms with E-state index in [4.69, 9.17) is 19.9 Å². The predicted octanol–water partition coefficient (Wildman–Crippen LogP) is -0.492. The molecule has 4 N–H and O–H groups in total. The highest BCUT2D eigenvalue weighted by Gasteiger charge is 2.45. The number of amides is 4. The monoisotopic (exact) mass is 448 g/mol. The maximum atomic E-state index is 13.0. The molecule has 174 valence electrons. The fraction of sp³-hybridized carbons (Fsp3) is 0.524. The zero-order valence-corrected chi connectivity index (χ0v) is 17.8. The molecule has 0 aromatic heterocycles. The van der Waals surface area contributed by atoms with Crippen molar-refractivity contribution in [1.82, 2.24) is 10.2 Å². The normalized spacial score (nSPS) is 18.2. The first-order valence-electron chi connectivity index (χ1n) is 10.6. The van der Waals surface area contributed by atoms with Gasteiger partial charge in [0.1, 0.15) is 6.04 Å². The van der Waals surface area contributed by atoms with Gasteiger partial charge in [0.2, 0.25) is 11.8 Å². The Bertz CT molecular complexity index is 861. The number of ether oxygens (including phenoxy) is 3. The molecule has 3 rings (SSSR count). The highest BCUT2D eigenvalue weighted by atomic mass is 16.5. The average Bonchev–Trinajstić information content (AvgIpc) is 3.03. The van der Waals surface area contributed by atoms with E-state index in [1.54, 1.807) is 18.2 Å². The molecule has 11 nitrogen and oxygen atoms in total. The van der Waals surface area contributed by atoms with Gasteiger partial charge in [-0.05, 0) is 18.6 Å². The second-order valence-electron chi connectivity index (χ2n) is 7.23. The summed E-state index contributed by atoms with van der Waals surface area (Å²) < 4.78 is 16.1. The van der Waals surface area contributed by atoms with Gasteiger partial charge in [-0.25, -0.2) is 0 Å². The number of piperidine rings is 1. The lowest BCUT2D eigenvalue weighted by molar-refractivity contribution is -0.136. The van der Waals surface area contributed by atoms with Crippen molar-refractivity contribution in [3.63, 3.8) is 0 Å². The molecule has 4 amide bonds. The van der Waals surface area contributed by atoms with Crippen molar-refractivity contribution in [3.05, 3.63) is 29.3 Å². The van der Waals surface area contributed by atoms with Crippen LogP contribution >= 0.6 is 0 Å². The Morgan fingerprint density at radius 2 is 1.66 bits per heavy atom. The van der Waals surface area contributed by atoms with E-state index in [-0.39, 0.29) is 24.0 Å². The van der Waals surface area contributed by atoms with E-state index in [0.717, 1.165) is 4.90 Å². The lowest BCUT2D eigenvalue weighted by Gasteiger charge is -2.27. The number of nitrogens with one attached hydrogen (secondary N) is 2. The van der Waals surface area contributed by atoms with Gasteiger partial charge in [0, 0.05) is 25.2 Å². The molecule has 2 aliphatic heterocycles. The third-order valence-electron chi connectivity index (χ3n) is 5.04. The minimum absolute atomic E-state index is 0.0801. The summed E-state index contributed by atoms with van der Waals surface area (Å²) >= 11 is 0. The Balaban J connectivity index is 1.47. The van der Waals surface area contributed by atoms with Gasteiger partial charge >= 0.3 is 0 Å². The van der Waals surface area contributed by atoms with Crippen LogP contribution in [0.15, 0.2) is 18.2 Å². The van der Waals surface area contributed by atoms with Crippen LogP contribution in [0.1, 0.15) is 33.6 Å². The summed E-state index contributed by atoms with van der Waals surface area (Å²) in [6.07, 6.45) is 0.199. The van der Waals surface area contributed by atoms with Crippen molar-refractivity contribution in [2.75, 3.05) is 58.0 Å². The number of carbonyl (C=O) groups is 4. The van der Waals surface area contributed by atoms with Crippen LogP contribution in [-0.4, -0.2) is 87.3 Å². The van der Waals surface area contributed by atoms with Gasteiger partial charge in [0.05, 0.1) is 50.8 Å². The van der Waals surface area contributed by atoms with Crippen molar-refractivity contribution in [3.8, 4) is 0 Å². The van der Waals surface area contributed by atoms with Crippen LogP contribution in [0.25, 0.3) is 0 Å². The molecule has 1 aromatic rings. The molecule has 1 unspecified atom stereocenters. The molecule has 1 fully saturated rings. The number of carbonyl (C=O) groups excluding carboxylic acids is 4. The predicted molar refractivity (Wildman–Crippen MR) is 113 cm³/mol. The fourth-order valence-corrected chi connectivity index (χ4v) is 3.55. The quantitative estimate of drug-likeness (QED) is 0.268. The molecule has 0 saturated carbocycles. The number of benzene rings is 1. The topological polar surface area (TPSA) is 149 Å². The molecule has 0 radical (unpaired) electrons. The van der Waals surface area contributed by atoms with Gasteiger partial charge in [-0.15, -0.1) is 0 Å². The average molecular weight is 448 g/mol. The zero-order chi connectivity index (χ0) is 22.9. The first kappa shape index (κ1) is 23.8. The summed E-state index contributed by atoms with van der Waals surface area (Å²) in [4.78, 5) is 50.3. The molecule has 1 aromatic carbocycles. The van der Waals surface area contributed by atoms with Gasteiger partial charge in [-0.2, -0.15) is 0 Å². The number of anilines is 1. The molecule has 0 spiro atoms. The number of rotatable bonds is 13. The van der Waals surface area contributed by atoms with Crippen molar-refractivity contribution in [2.24, 2.45) is 5.73 Å². The summed E-state index contributed by atoms with van der Waals surface area (Å²) in [5.74, 6) is -2.12. The maximum Gasteiger partial charge on any atom is 0.264 e. The molecule has 2 aliphatic rings. The second kappa shape index (κ2) is 11.7. The van der Waals surface area contributed by atoms with E-state index < -0.39 is 29.7 Å². The summed E-state index contributed by atoms with van der Waals surface area (Å²) in [6.45, 7) is 3.57. The van der Waals surface area contributed by atoms with Gasteiger partial charge in [0.15, 0.2) is 0 Å². The first-order valence-corrected chi connectivity index (χ1v) is 10.6. The van der Waals surface area contributed by atoms with E-state index in [0.29, 0.717) is 58.4 Å². The largest absolute Gasteiger partial charge is 0.382 e. The second-order valence-corrected chi connectivity index (χ2v) is 7.23. The number of nitrogens with zero attached hydrogens (tertiary/aromatic N) is 1. The number of fused-ring (bicyclic) bond motifs is 1. The number of nitrogens with two attached hydrogens (primary N) is 1. The molecular formula is C21H28N4O7. The van der Waals surface area contributed by atoms with Crippen LogP contribution in [-0.2, 0) is 23.8 Å². The molecule has 11 heteroatoms. The van der Waals surface area contributed by atoms with Crippen molar-refractivity contribution < 1.29 is 33.4 Å². The van der Waals surface area contributed by atoms with Gasteiger partial charge in [-0.3, -0.25) is 29.4 Å². The Kier molecular flexibility index (Phi) is 8.68. The highest BCUT2D eigenvalue weighted by Crippen LogP contribution is 2.32. The summed E-state index contributed by atoms with van der Waals surface area (Å²) in [5.41, 5.74) is 6.27. The smallest absolute Gasteiger partial charge is 0.264 e. The third kappa shape index (κ3) is 5.68. The van der Waals surface area contributed by atoms with Crippen LogP contribution in [0.2, 0.25) is 0 Å². The molecule has 2 heterocycles. The highest BCUT2D eigenvalue weighted by molar-refractivity contribution is 6.25. The summed E-state index contributed by atoms with van der Waals surface area (Å²) in [7, 11) is 0. The number of hydrogen-bond acceptors (Lipinski definition) is 9. The maximum absolute atomic E-state index is 13.0. The van der Waals surface area contributed by atoms with Crippen LogP contribution in [0.4, 0.5) is 5.69 Å². The van der Waals surface area contributed by atoms with E-state index in [1.165, 1.54) is 0 Å². The lowest BCUT2D eigenvalue weighted by atomic mass is 10.0. The van der Waals surface area contributed by atoms with Crippen molar-refractivity contribution in [2.45, 2.75) is 18.9 Å². The Morgan fingerprint density at radius 3 is 2.34 bits per heavy atom. The standard InChI is InChI=1S/C21H28N4O7/c22-6-8-30-10-12-32-13-11-31-9-7-23-15-3-1-2-14-18(15)21(29)25(20(14)28)16-4-5-17(26)24-19(16)27/h1-3,16,23H,4-13,22H2,(H,24,26,27). The lowest BCUT2D eigenvalue weighted by Crippen LogP contribution is -2.54. The number of hydrogen-bond donors (Lipinski definition) is 3. The molecule has 1 atom stereocenters. The minimum atomic E-state index is -0.989. The molecular weight excluding hydrogens is 420 g/mol. The molecule has 1 saturated heterocycles. The SMILES string of the molecule is NCCOCCOCCOCCNc1cccc2c1C(=O)N(C1CCC(=O)NC1=O)C2=O. The molecule has 0 bridgehead atoms. The Hall–Kier alpha value is -2.86. The van der Waals surface area contributed by atoms with E-state index >= 15 is 0 Å². The minimum Gasteiger partial charge on any atom is -0.382 e. The number of imide groups is 2. The summed E-state index contributed by atoms with van der Waals surface area (Å²) in [5, 5.41) is 5.30.